The van der Waals surface area contributed by atoms with E-state index in [2.05, 4.69) is 51.7 Å². The monoisotopic (exact) mass is 362 g/mol. The summed E-state index contributed by atoms with van der Waals surface area (Å²) >= 11 is 0. The lowest BCUT2D eigenvalue weighted by atomic mass is 10.2. The molecule has 0 spiro atoms. The summed E-state index contributed by atoms with van der Waals surface area (Å²) in [4.78, 5) is 6.79. The standard InChI is InChI=1S/C22H26N4O/c1-17-13-18(2)26(24-17)21-10-12-25(15-21)14-19-6-8-22(9-7-19)27-16-20-5-3-4-11-23-20/h3-9,11,13,21H,10,12,14-16H2,1-2H3. The number of rotatable bonds is 6. The van der Waals surface area contributed by atoms with E-state index >= 15 is 0 Å². The molecule has 0 N–H and O–H groups in total. The molecule has 1 atom stereocenters. The van der Waals surface area contributed by atoms with Crippen LogP contribution in [-0.4, -0.2) is 32.8 Å². The Bertz CT molecular complexity index is 873. The van der Waals surface area contributed by atoms with Crippen molar-refractivity contribution in [1.82, 2.24) is 19.7 Å². The van der Waals surface area contributed by atoms with E-state index in [1.807, 2.05) is 30.3 Å². The molecule has 140 valence electrons. The minimum absolute atomic E-state index is 0.486. The van der Waals surface area contributed by atoms with E-state index in [1.54, 1.807) is 6.20 Å². The molecule has 1 aromatic carbocycles. The Balaban J connectivity index is 1.30. The van der Waals surface area contributed by atoms with Gasteiger partial charge in [-0.3, -0.25) is 14.6 Å². The van der Waals surface area contributed by atoms with Gasteiger partial charge in [-0.25, -0.2) is 0 Å². The molecule has 0 saturated carbocycles. The molecular formula is C22H26N4O. The number of hydrogen-bond donors (Lipinski definition) is 0. The van der Waals surface area contributed by atoms with Gasteiger partial charge >= 0.3 is 0 Å². The normalized spacial score (nSPS) is 17.3. The zero-order valence-corrected chi connectivity index (χ0v) is 16.0. The first kappa shape index (κ1) is 17.7. The zero-order chi connectivity index (χ0) is 18.6. The van der Waals surface area contributed by atoms with E-state index < -0.39 is 0 Å². The first-order valence-electron chi connectivity index (χ1n) is 9.54. The minimum atomic E-state index is 0.486. The molecule has 5 heteroatoms. The molecule has 3 heterocycles. The Morgan fingerprint density at radius 2 is 1.96 bits per heavy atom. The van der Waals surface area contributed by atoms with Gasteiger partial charge in [-0.2, -0.15) is 5.10 Å². The van der Waals surface area contributed by atoms with Gasteiger partial charge in [0.1, 0.15) is 12.4 Å². The number of benzene rings is 1. The van der Waals surface area contributed by atoms with Crippen LogP contribution in [0.25, 0.3) is 0 Å². The highest BCUT2D eigenvalue weighted by Crippen LogP contribution is 2.25. The summed E-state index contributed by atoms with van der Waals surface area (Å²) in [6.07, 6.45) is 2.95. The van der Waals surface area contributed by atoms with Crippen LogP contribution >= 0.6 is 0 Å². The molecule has 27 heavy (non-hydrogen) atoms. The second-order valence-corrected chi connectivity index (χ2v) is 7.30. The zero-order valence-electron chi connectivity index (χ0n) is 16.0. The van der Waals surface area contributed by atoms with Crippen LogP contribution in [0.3, 0.4) is 0 Å². The number of aromatic nitrogens is 3. The maximum Gasteiger partial charge on any atom is 0.130 e. The van der Waals surface area contributed by atoms with Gasteiger partial charge in [0.25, 0.3) is 0 Å². The van der Waals surface area contributed by atoms with Crippen molar-refractivity contribution in [1.29, 1.82) is 0 Å². The predicted octanol–water partition coefficient (Wildman–Crippen LogP) is 3.92. The highest BCUT2D eigenvalue weighted by atomic mass is 16.5. The van der Waals surface area contributed by atoms with Crippen LogP contribution in [0, 0.1) is 13.8 Å². The lowest BCUT2D eigenvalue weighted by molar-refractivity contribution is 0.299. The number of likely N-dealkylation sites (tertiary alicyclic amines) is 1. The van der Waals surface area contributed by atoms with Crippen LogP contribution in [0.2, 0.25) is 0 Å². The number of hydrogen-bond acceptors (Lipinski definition) is 4. The van der Waals surface area contributed by atoms with Crippen molar-refractivity contribution < 1.29 is 4.74 Å². The van der Waals surface area contributed by atoms with Gasteiger partial charge in [-0.1, -0.05) is 18.2 Å². The number of aryl methyl sites for hydroxylation is 2. The summed E-state index contributed by atoms with van der Waals surface area (Å²) in [5.41, 5.74) is 4.61. The predicted molar refractivity (Wildman–Crippen MR) is 106 cm³/mol. The van der Waals surface area contributed by atoms with Crippen molar-refractivity contribution in [3.05, 3.63) is 77.4 Å². The molecule has 4 rings (SSSR count). The second kappa shape index (κ2) is 7.92. The van der Waals surface area contributed by atoms with Crippen LogP contribution < -0.4 is 4.74 Å². The second-order valence-electron chi connectivity index (χ2n) is 7.30. The highest BCUT2D eigenvalue weighted by molar-refractivity contribution is 5.27. The number of nitrogens with zero attached hydrogens (tertiary/aromatic N) is 4. The van der Waals surface area contributed by atoms with Gasteiger partial charge in [0.15, 0.2) is 0 Å². The van der Waals surface area contributed by atoms with Crippen molar-refractivity contribution in [2.75, 3.05) is 13.1 Å². The molecule has 0 amide bonds. The van der Waals surface area contributed by atoms with Gasteiger partial charge in [-0.05, 0) is 56.2 Å². The molecule has 0 aliphatic carbocycles. The largest absolute Gasteiger partial charge is 0.487 e. The lowest BCUT2D eigenvalue weighted by Gasteiger charge is -2.17. The van der Waals surface area contributed by atoms with Gasteiger partial charge in [0, 0.05) is 31.5 Å². The van der Waals surface area contributed by atoms with Crippen molar-refractivity contribution >= 4 is 0 Å². The van der Waals surface area contributed by atoms with Crippen LogP contribution in [0.15, 0.2) is 54.7 Å². The third-order valence-corrected chi connectivity index (χ3v) is 5.08. The maximum absolute atomic E-state index is 5.82. The molecule has 2 aromatic heterocycles. The summed E-state index contributed by atoms with van der Waals surface area (Å²) in [5.74, 6) is 0.881. The van der Waals surface area contributed by atoms with Crippen molar-refractivity contribution in [3.63, 3.8) is 0 Å². The van der Waals surface area contributed by atoms with Gasteiger partial charge in [0.05, 0.1) is 17.4 Å². The number of ether oxygens (including phenoxy) is 1. The van der Waals surface area contributed by atoms with Crippen molar-refractivity contribution in [3.8, 4) is 5.75 Å². The molecule has 1 unspecified atom stereocenters. The van der Waals surface area contributed by atoms with Crippen LogP contribution in [-0.2, 0) is 13.2 Å². The molecule has 3 aromatic rings. The number of pyridine rings is 1. The minimum Gasteiger partial charge on any atom is -0.487 e. The Kier molecular flexibility index (Phi) is 5.21. The molecule has 0 bridgehead atoms. The SMILES string of the molecule is Cc1cc(C)n(C2CCN(Cc3ccc(OCc4ccccn4)cc3)C2)n1. The van der Waals surface area contributed by atoms with Crippen molar-refractivity contribution in [2.45, 2.75) is 39.5 Å². The quantitative estimate of drug-likeness (QED) is 0.667. The third kappa shape index (κ3) is 4.37. The van der Waals surface area contributed by atoms with E-state index in [0.29, 0.717) is 12.6 Å². The summed E-state index contributed by atoms with van der Waals surface area (Å²) in [7, 11) is 0. The molecule has 1 aliphatic heterocycles. The van der Waals surface area contributed by atoms with E-state index in [-0.39, 0.29) is 0 Å². The fourth-order valence-electron chi connectivity index (χ4n) is 3.76. The van der Waals surface area contributed by atoms with E-state index in [9.17, 15) is 0 Å². The molecule has 1 fully saturated rings. The first-order valence-corrected chi connectivity index (χ1v) is 9.54. The highest BCUT2D eigenvalue weighted by Gasteiger charge is 2.25. The fraction of sp³-hybridized carbons (Fsp3) is 0.364. The molecule has 1 saturated heterocycles. The van der Waals surface area contributed by atoms with Gasteiger partial charge < -0.3 is 4.74 Å². The first-order chi connectivity index (χ1) is 13.2. The maximum atomic E-state index is 5.82. The van der Waals surface area contributed by atoms with Crippen LogP contribution in [0.4, 0.5) is 0 Å². The average molecular weight is 362 g/mol. The fourth-order valence-corrected chi connectivity index (χ4v) is 3.76. The Morgan fingerprint density at radius 3 is 2.67 bits per heavy atom. The third-order valence-electron chi connectivity index (χ3n) is 5.08. The lowest BCUT2D eigenvalue weighted by Crippen LogP contribution is -2.22. The summed E-state index contributed by atoms with van der Waals surface area (Å²) in [5, 5.41) is 4.66. The molecular weight excluding hydrogens is 336 g/mol. The topological polar surface area (TPSA) is 43.2 Å². The molecule has 0 radical (unpaired) electrons. The Hall–Kier alpha value is -2.66. The smallest absolute Gasteiger partial charge is 0.130 e. The van der Waals surface area contributed by atoms with Gasteiger partial charge in [-0.15, -0.1) is 0 Å². The average Bonchev–Trinajstić information content (AvgIpc) is 3.27. The Labute approximate surface area is 160 Å². The van der Waals surface area contributed by atoms with Crippen LogP contribution in [0.1, 0.15) is 35.1 Å². The molecule has 5 nitrogen and oxygen atoms in total. The molecule has 1 aliphatic rings. The van der Waals surface area contributed by atoms with E-state index in [4.69, 9.17) is 4.74 Å². The van der Waals surface area contributed by atoms with E-state index in [0.717, 1.165) is 43.2 Å². The summed E-state index contributed by atoms with van der Waals surface area (Å²) in [6.45, 7) is 7.84. The summed E-state index contributed by atoms with van der Waals surface area (Å²) < 4.78 is 8.02. The van der Waals surface area contributed by atoms with E-state index in [1.165, 1.54) is 11.3 Å². The van der Waals surface area contributed by atoms with Gasteiger partial charge in [0.2, 0.25) is 0 Å². The van der Waals surface area contributed by atoms with Crippen LogP contribution in [0.5, 0.6) is 5.75 Å². The summed E-state index contributed by atoms with van der Waals surface area (Å²) in [6, 6.07) is 16.9. The van der Waals surface area contributed by atoms with Crippen molar-refractivity contribution in [2.24, 2.45) is 0 Å². The Morgan fingerprint density at radius 1 is 1.11 bits per heavy atom.